The number of carbonyl (C=O) groups is 3. The molecule has 2 heterocycles. The van der Waals surface area contributed by atoms with E-state index in [4.69, 9.17) is 19.0 Å². The fourth-order valence-corrected chi connectivity index (χ4v) is 3.85. The Balaban J connectivity index is 1.68. The van der Waals surface area contributed by atoms with Gasteiger partial charge >= 0.3 is 11.6 Å². The van der Waals surface area contributed by atoms with E-state index in [0.29, 0.717) is 48.4 Å². The van der Waals surface area contributed by atoms with Crippen molar-refractivity contribution < 1.29 is 33.4 Å². The lowest BCUT2D eigenvalue weighted by atomic mass is 9.97. The van der Waals surface area contributed by atoms with Crippen LogP contribution in [0.1, 0.15) is 24.0 Å². The Morgan fingerprint density at radius 1 is 1.19 bits per heavy atom. The van der Waals surface area contributed by atoms with Crippen molar-refractivity contribution in [3.8, 4) is 11.5 Å². The molecule has 1 aromatic heterocycles. The minimum Gasteiger partial charge on any atom is -0.496 e. The van der Waals surface area contributed by atoms with Crippen LogP contribution in [0, 0.1) is 12.8 Å². The lowest BCUT2D eigenvalue weighted by molar-refractivity contribution is -0.145. The van der Waals surface area contributed by atoms with Crippen LogP contribution in [-0.2, 0) is 20.8 Å². The van der Waals surface area contributed by atoms with Crippen molar-refractivity contribution in [2.24, 2.45) is 5.92 Å². The van der Waals surface area contributed by atoms with Crippen molar-refractivity contribution in [3.05, 3.63) is 33.7 Å². The first-order valence-corrected chi connectivity index (χ1v) is 10.2. The summed E-state index contributed by atoms with van der Waals surface area (Å²) in [5.74, 6) is -1.18. The molecule has 2 aromatic rings. The van der Waals surface area contributed by atoms with Gasteiger partial charge in [0.05, 0.1) is 44.1 Å². The molecule has 0 radical (unpaired) electrons. The first-order valence-electron chi connectivity index (χ1n) is 10.2. The lowest BCUT2D eigenvalue weighted by Crippen LogP contribution is -2.45. The van der Waals surface area contributed by atoms with Crippen LogP contribution in [0.25, 0.3) is 11.0 Å². The van der Waals surface area contributed by atoms with Crippen LogP contribution in [0.2, 0.25) is 0 Å². The van der Waals surface area contributed by atoms with Crippen molar-refractivity contribution in [2.45, 2.75) is 26.2 Å². The van der Waals surface area contributed by atoms with Crippen LogP contribution in [0.4, 0.5) is 0 Å². The molecule has 0 atom stereocenters. The number of ether oxygens (including phenoxy) is 2. The summed E-state index contributed by atoms with van der Waals surface area (Å²) < 4.78 is 16.0. The molecule has 0 saturated carbocycles. The molecule has 10 nitrogen and oxygen atoms in total. The van der Waals surface area contributed by atoms with Gasteiger partial charge in [-0.15, -0.1) is 0 Å². The number of rotatable bonds is 7. The number of piperidine rings is 1. The Labute approximate surface area is 184 Å². The van der Waals surface area contributed by atoms with E-state index in [1.54, 1.807) is 19.1 Å². The third-order valence-corrected chi connectivity index (χ3v) is 5.74. The molecule has 172 valence electrons. The largest absolute Gasteiger partial charge is 0.496 e. The monoisotopic (exact) mass is 446 g/mol. The number of fused-ring (bicyclic) bond motifs is 1. The van der Waals surface area contributed by atoms with Crippen LogP contribution < -0.4 is 20.4 Å². The van der Waals surface area contributed by atoms with Gasteiger partial charge in [-0.3, -0.25) is 14.4 Å². The van der Waals surface area contributed by atoms with Gasteiger partial charge in [0.25, 0.3) is 0 Å². The van der Waals surface area contributed by atoms with Crippen LogP contribution in [0.5, 0.6) is 11.5 Å². The lowest BCUT2D eigenvalue weighted by Gasteiger charge is -2.30. The van der Waals surface area contributed by atoms with Gasteiger partial charge in [-0.1, -0.05) is 0 Å². The fraction of sp³-hybridized carbons (Fsp3) is 0.455. The number of amides is 2. The normalized spacial score (nSPS) is 14.3. The second-order valence-electron chi connectivity index (χ2n) is 7.64. The van der Waals surface area contributed by atoms with Crippen molar-refractivity contribution in [1.29, 1.82) is 0 Å². The van der Waals surface area contributed by atoms with Gasteiger partial charge in [0.15, 0.2) is 0 Å². The van der Waals surface area contributed by atoms with Gasteiger partial charge in [-0.25, -0.2) is 4.79 Å². The topological polar surface area (TPSA) is 135 Å². The van der Waals surface area contributed by atoms with Crippen LogP contribution in [-0.4, -0.2) is 61.6 Å². The zero-order valence-electron chi connectivity index (χ0n) is 18.2. The number of benzene rings is 1. The number of likely N-dealkylation sites (tertiary alicyclic amines) is 1. The van der Waals surface area contributed by atoms with E-state index in [0.717, 1.165) is 0 Å². The SMILES string of the molecule is COc1cc(OC)c2c(C)c(CC(=O)NCC(=O)N3CCC(C(=O)O)CC3)c(=O)oc2c1. The Morgan fingerprint density at radius 2 is 1.88 bits per heavy atom. The maximum atomic E-state index is 12.5. The van der Waals surface area contributed by atoms with Crippen LogP contribution >= 0.6 is 0 Å². The molecule has 1 fully saturated rings. The van der Waals surface area contributed by atoms with Crippen LogP contribution in [0.3, 0.4) is 0 Å². The highest BCUT2D eigenvalue weighted by molar-refractivity contribution is 5.91. The molecule has 0 spiro atoms. The predicted molar refractivity (Wildman–Crippen MR) is 114 cm³/mol. The number of hydrogen-bond donors (Lipinski definition) is 2. The Bertz CT molecular complexity index is 1100. The smallest absolute Gasteiger partial charge is 0.340 e. The molecule has 1 aromatic carbocycles. The number of carboxylic acid groups (broad SMARTS) is 1. The quantitative estimate of drug-likeness (QED) is 0.604. The van der Waals surface area contributed by atoms with E-state index < -0.39 is 23.4 Å². The van der Waals surface area contributed by atoms with E-state index in [1.165, 1.54) is 19.1 Å². The average molecular weight is 446 g/mol. The molecular weight excluding hydrogens is 420 g/mol. The molecule has 1 aliphatic heterocycles. The molecule has 32 heavy (non-hydrogen) atoms. The molecule has 10 heteroatoms. The van der Waals surface area contributed by atoms with E-state index >= 15 is 0 Å². The van der Waals surface area contributed by atoms with Crippen molar-refractivity contribution in [1.82, 2.24) is 10.2 Å². The summed E-state index contributed by atoms with van der Waals surface area (Å²) in [5, 5.41) is 12.1. The summed E-state index contributed by atoms with van der Waals surface area (Å²) >= 11 is 0. The highest BCUT2D eigenvalue weighted by Crippen LogP contribution is 2.33. The van der Waals surface area contributed by atoms with Gasteiger partial charge in [-0.05, 0) is 25.3 Å². The third kappa shape index (κ3) is 4.84. The summed E-state index contributed by atoms with van der Waals surface area (Å²) in [4.78, 5) is 49.8. The maximum Gasteiger partial charge on any atom is 0.340 e. The van der Waals surface area contributed by atoms with E-state index in [2.05, 4.69) is 5.32 Å². The molecule has 1 saturated heterocycles. The first-order chi connectivity index (χ1) is 15.2. The Morgan fingerprint density at radius 3 is 2.47 bits per heavy atom. The molecule has 0 bridgehead atoms. The Hall–Kier alpha value is -3.56. The summed E-state index contributed by atoms with van der Waals surface area (Å²) in [6.07, 6.45) is 0.519. The highest BCUT2D eigenvalue weighted by Gasteiger charge is 2.27. The zero-order valence-corrected chi connectivity index (χ0v) is 18.2. The standard InChI is InChI=1S/C22H26N2O8/c1-12-15(22(29)32-17-9-14(30-2)8-16(31-3)20(12)17)10-18(25)23-11-19(26)24-6-4-13(5-7-24)21(27)28/h8-9,13H,4-7,10-11H2,1-3H3,(H,23,25)(H,27,28). The first kappa shape index (κ1) is 23.1. The number of carbonyl (C=O) groups excluding carboxylic acids is 2. The van der Waals surface area contributed by atoms with Gasteiger partial charge in [0.1, 0.15) is 17.1 Å². The minimum absolute atomic E-state index is 0.174. The average Bonchev–Trinajstić information content (AvgIpc) is 2.79. The molecule has 0 aliphatic carbocycles. The molecule has 3 rings (SSSR count). The van der Waals surface area contributed by atoms with Crippen molar-refractivity contribution >= 4 is 28.8 Å². The number of aliphatic carboxylic acids is 1. The third-order valence-electron chi connectivity index (χ3n) is 5.74. The Kier molecular flexibility index (Phi) is 7.01. The molecule has 2 amide bonds. The van der Waals surface area contributed by atoms with Gasteiger partial charge in [-0.2, -0.15) is 0 Å². The summed E-state index contributed by atoms with van der Waals surface area (Å²) in [6, 6.07) is 3.23. The highest BCUT2D eigenvalue weighted by atomic mass is 16.5. The second kappa shape index (κ2) is 9.71. The van der Waals surface area contributed by atoms with E-state index in [-0.39, 0.29) is 30.0 Å². The van der Waals surface area contributed by atoms with Gasteiger partial charge in [0, 0.05) is 25.2 Å². The number of carboxylic acids is 1. The molecule has 1 aliphatic rings. The van der Waals surface area contributed by atoms with E-state index in [9.17, 15) is 19.2 Å². The number of methoxy groups -OCH3 is 2. The molecular formula is C22H26N2O8. The van der Waals surface area contributed by atoms with Gasteiger partial charge < -0.3 is 29.2 Å². The van der Waals surface area contributed by atoms with Crippen molar-refractivity contribution in [3.63, 3.8) is 0 Å². The maximum absolute atomic E-state index is 12.5. The summed E-state index contributed by atoms with van der Waals surface area (Å²) in [7, 11) is 2.97. The minimum atomic E-state index is -0.856. The number of hydrogen-bond acceptors (Lipinski definition) is 7. The summed E-state index contributed by atoms with van der Waals surface area (Å²) in [6.45, 7) is 2.15. The number of nitrogens with zero attached hydrogens (tertiary/aromatic N) is 1. The second-order valence-corrected chi connectivity index (χ2v) is 7.64. The molecule has 0 unspecified atom stereocenters. The van der Waals surface area contributed by atoms with Crippen LogP contribution in [0.15, 0.2) is 21.3 Å². The number of nitrogens with one attached hydrogen (secondary N) is 1. The summed E-state index contributed by atoms with van der Waals surface area (Å²) in [5.41, 5.74) is 0.358. The zero-order chi connectivity index (χ0) is 23.4. The number of aryl methyl sites for hydroxylation is 1. The van der Waals surface area contributed by atoms with Gasteiger partial charge in [0.2, 0.25) is 11.8 Å². The predicted octanol–water partition coefficient (Wildman–Crippen LogP) is 1.10. The molecule has 2 N–H and O–H groups in total. The fourth-order valence-electron chi connectivity index (χ4n) is 3.85. The van der Waals surface area contributed by atoms with E-state index in [1.807, 2.05) is 0 Å². The van der Waals surface area contributed by atoms with Crippen molar-refractivity contribution in [2.75, 3.05) is 33.9 Å².